The Morgan fingerprint density at radius 1 is 0.500 bits per heavy atom. The van der Waals surface area contributed by atoms with Gasteiger partial charge >= 0.3 is 0 Å². The van der Waals surface area contributed by atoms with Gasteiger partial charge in [0.05, 0.1) is 8.07 Å². The van der Waals surface area contributed by atoms with E-state index in [4.69, 9.17) is 0 Å². The van der Waals surface area contributed by atoms with E-state index in [0.717, 1.165) is 0 Å². The molecule has 0 spiro atoms. The highest BCUT2D eigenvalue weighted by Gasteiger charge is 2.48. The minimum Gasteiger partial charge on any atom is -0.0679 e. The number of allylic oxidation sites excluding steroid dienone is 2. The van der Waals surface area contributed by atoms with Gasteiger partial charge in [0.15, 0.2) is 0 Å². The molecule has 0 saturated heterocycles. The lowest BCUT2D eigenvalue weighted by Crippen LogP contribution is -2.42. The standard InChI is InChI=1S/C47H58Si/c1-29-18-23-38(33-26-35(46(7,8)9)28-36(27-33)47(10,11)12)42-40(29)24-31(3)44(42)48(13,14)43-30(2)25-41-37(16-15-17-39(41)43)32-19-21-34(22-20-32)45(4,5)6/h15-28,43-44H,1-14H3. The van der Waals surface area contributed by atoms with E-state index in [1.807, 2.05) is 0 Å². The van der Waals surface area contributed by atoms with Crippen LogP contribution in [0.3, 0.4) is 0 Å². The van der Waals surface area contributed by atoms with Crippen molar-refractivity contribution in [1.29, 1.82) is 0 Å². The fourth-order valence-electron chi connectivity index (χ4n) is 8.75. The fraction of sp³-hybridized carbons (Fsp3) is 0.404. The van der Waals surface area contributed by atoms with Gasteiger partial charge in [-0.3, -0.25) is 0 Å². The minimum absolute atomic E-state index is 0.0751. The first-order valence-electron chi connectivity index (χ1n) is 18.1. The summed E-state index contributed by atoms with van der Waals surface area (Å²) in [5, 5.41) is 0. The van der Waals surface area contributed by atoms with Crippen molar-refractivity contribution in [1.82, 2.24) is 0 Å². The Labute approximate surface area is 293 Å². The molecule has 2 aliphatic carbocycles. The number of hydrogen-bond acceptors (Lipinski definition) is 0. The molecule has 250 valence electrons. The lowest BCUT2D eigenvalue weighted by molar-refractivity contribution is 0.569. The Balaban J connectivity index is 1.49. The molecule has 48 heavy (non-hydrogen) atoms. The summed E-state index contributed by atoms with van der Waals surface area (Å²) in [5.41, 5.74) is 21.4. The van der Waals surface area contributed by atoms with E-state index in [2.05, 4.69) is 181 Å². The van der Waals surface area contributed by atoms with Gasteiger partial charge in [0.2, 0.25) is 0 Å². The van der Waals surface area contributed by atoms with Gasteiger partial charge in [0.25, 0.3) is 0 Å². The van der Waals surface area contributed by atoms with Crippen LogP contribution in [0.15, 0.2) is 83.9 Å². The SMILES string of the molecule is CC1=Cc2c(-c3ccc(C(C)(C)C)cc3)cccc2C1[Si](C)(C)C1C(C)=Cc2c(C)ccc(-c3cc(C(C)(C)C)cc(C(C)(C)C)c3)c21. The molecule has 1 heteroatoms. The average molecular weight is 651 g/mol. The largest absolute Gasteiger partial charge is 0.0722 e. The van der Waals surface area contributed by atoms with Crippen LogP contribution >= 0.6 is 0 Å². The van der Waals surface area contributed by atoms with E-state index >= 15 is 0 Å². The van der Waals surface area contributed by atoms with Crippen LogP contribution in [0.2, 0.25) is 13.1 Å². The Morgan fingerprint density at radius 2 is 1.04 bits per heavy atom. The topological polar surface area (TPSA) is 0 Å². The van der Waals surface area contributed by atoms with Gasteiger partial charge in [-0.1, -0.05) is 172 Å². The second-order valence-corrected chi connectivity index (χ2v) is 23.5. The summed E-state index contributed by atoms with van der Waals surface area (Å²) < 4.78 is 0. The first-order chi connectivity index (χ1) is 22.2. The van der Waals surface area contributed by atoms with Crippen LogP contribution in [-0.2, 0) is 16.2 Å². The van der Waals surface area contributed by atoms with E-state index in [1.54, 1.807) is 5.56 Å². The fourth-order valence-corrected chi connectivity index (χ4v) is 13.7. The first-order valence-corrected chi connectivity index (χ1v) is 21.2. The highest BCUT2D eigenvalue weighted by atomic mass is 28.3. The van der Waals surface area contributed by atoms with Gasteiger partial charge in [-0.2, -0.15) is 0 Å². The normalized spacial score (nSPS) is 18.0. The Bertz CT molecular complexity index is 1920. The highest BCUT2D eigenvalue weighted by molar-refractivity contribution is 6.82. The molecule has 0 nitrogen and oxygen atoms in total. The van der Waals surface area contributed by atoms with Gasteiger partial charge < -0.3 is 0 Å². The van der Waals surface area contributed by atoms with Crippen LogP contribution in [0.25, 0.3) is 34.4 Å². The number of fused-ring (bicyclic) bond motifs is 2. The molecule has 4 aromatic rings. The lowest BCUT2D eigenvalue weighted by Gasteiger charge is -2.40. The molecule has 2 unspecified atom stereocenters. The van der Waals surface area contributed by atoms with Gasteiger partial charge in [0, 0.05) is 11.1 Å². The zero-order valence-corrected chi connectivity index (χ0v) is 33.2. The Kier molecular flexibility index (Phi) is 8.31. The zero-order valence-electron chi connectivity index (χ0n) is 32.2. The maximum atomic E-state index is 2.67. The van der Waals surface area contributed by atoms with Crippen LogP contribution < -0.4 is 0 Å². The highest BCUT2D eigenvalue weighted by Crippen LogP contribution is 2.55. The van der Waals surface area contributed by atoms with Crippen molar-refractivity contribution in [2.45, 2.75) is 124 Å². The molecule has 0 aliphatic heterocycles. The number of hydrogen-bond donors (Lipinski definition) is 0. The van der Waals surface area contributed by atoms with Crippen LogP contribution in [0, 0.1) is 6.92 Å². The Morgan fingerprint density at radius 3 is 1.60 bits per heavy atom. The van der Waals surface area contributed by atoms with Gasteiger partial charge in [0.1, 0.15) is 0 Å². The third-order valence-electron chi connectivity index (χ3n) is 11.4. The van der Waals surface area contributed by atoms with Crippen molar-refractivity contribution in [3.8, 4) is 22.3 Å². The van der Waals surface area contributed by atoms with E-state index in [-0.39, 0.29) is 16.2 Å². The summed E-state index contributed by atoms with van der Waals surface area (Å²) in [7, 11) is -2.05. The molecule has 0 fully saturated rings. The molecule has 0 heterocycles. The summed E-state index contributed by atoms with van der Waals surface area (Å²) in [6.45, 7) is 33.4. The van der Waals surface area contributed by atoms with Gasteiger partial charge in [-0.15, -0.1) is 0 Å². The number of rotatable bonds is 4. The molecule has 0 aromatic heterocycles. The molecular weight excluding hydrogens is 593 g/mol. The average Bonchev–Trinajstić information content (AvgIpc) is 3.53. The summed E-state index contributed by atoms with van der Waals surface area (Å²) >= 11 is 0. The predicted octanol–water partition coefficient (Wildman–Crippen LogP) is 13.7. The summed E-state index contributed by atoms with van der Waals surface area (Å²) in [4.78, 5) is 0. The lowest BCUT2D eigenvalue weighted by atomic mass is 9.78. The summed E-state index contributed by atoms with van der Waals surface area (Å²) in [6.07, 6.45) is 5.06. The van der Waals surface area contributed by atoms with Gasteiger partial charge in [-0.25, -0.2) is 0 Å². The van der Waals surface area contributed by atoms with E-state index in [1.165, 1.54) is 72.3 Å². The molecule has 0 bridgehead atoms. The smallest absolute Gasteiger partial charge is 0.0679 e. The van der Waals surface area contributed by atoms with Crippen LogP contribution in [0.5, 0.6) is 0 Å². The number of aryl methyl sites for hydroxylation is 1. The van der Waals surface area contributed by atoms with Crippen molar-refractivity contribution in [2.75, 3.05) is 0 Å². The molecule has 6 rings (SSSR count). The second-order valence-electron chi connectivity index (χ2n) is 18.7. The maximum absolute atomic E-state index is 2.67. The van der Waals surface area contributed by atoms with Crippen molar-refractivity contribution in [3.05, 3.63) is 128 Å². The number of benzene rings is 4. The van der Waals surface area contributed by atoms with E-state index in [0.29, 0.717) is 11.1 Å². The molecule has 2 atom stereocenters. The molecule has 2 aliphatic rings. The predicted molar refractivity (Wildman–Crippen MR) is 215 cm³/mol. The zero-order chi connectivity index (χ0) is 35.1. The van der Waals surface area contributed by atoms with Crippen LogP contribution in [0.1, 0.15) is 132 Å². The quantitative estimate of drug-likeness (QED) is 0.193. The molecule has 0 N–H and O–H groups in total. The molecule has 0 amide bonds. The Hall–Kier alpha value is -3.42. The van der Waals surface area contributed by atoms with Crippen molar-refractivity contribution in [2.24, 2.45) is 0 Å². The van der Waals surface area contributed by atoms with Crippen molar-refractivity contribution in [3.63, 3.8) is 0 Å². The minimum atomic E-state index is -2.05. The third-order valence-corrected chi connectivity index (χ3v) is 15.9. The summed E-state index contributed by atoms with van der Waals surface area (Å²) in [6, 6.07) is 28.6. The monoisotopic (exact) mass is 650 g/mol. The summed E-state index contributed by atoms with van der Waals surface area (Å²) in [5.74, 6) is 0. The third kappa shape index (κ3) is 5.91. The van der Waals surface area contributed by atoms with Crippen molar-refractivity contribution < 1.29 is 0 Å². The van der Waals surface area contributed by atoms with E-state index in [9.17, 15) is 0 Å². The van der Waals surface area contributed by atoms with E-state index < -0.39 is 8.07 Å². The molecule has 4 aromatic carbocycles. The van der Waals surface area contributed by atoms with Crippen LogP contribution in [0.4, 0.5) is 0 Å². The van der Waals surface area contributed by atoms with Gasteiger partial charge in [-0.05, 0) is 104 Å². The molecule has 0 saturated carbocycles. The first kappa shape index (κ1) is 34.4. The molecule has 0 radical (unpaired) electrons. The van der Waals surface area contributed by atoms with Crippen molar-refractivity contribution >= 4 is 20.2 Å². The van der Waals surface area contributed by atoms with Crippen LogP contribution in [-0.4, -0.2) is 8.07 Å². The maximum Gasteiger partial charge on any atom is 0.0722 e. The second kappa shape index (κ2) is 11.6. The molecular formula is C47H58Si.